The molecule has 6 heteroatoms. The number of amides is 1. The number of carboxylic acids is 1. The number of rotatable bonds is 9. The van der Waals surface area contributed by atoms with Crippen molar-refractivity contribution in [1.82, 2.24) is 0 Å². The molecule has 2 aromatic carbocycles. The molecule has 2 rings (SSSR count). The molecule has 2 aromatic rings. The van der Waals surface area contributed by atoms with Gasteiger partial charge < -0.3 is 19.9 Å². The number of para-hydroxylation sites is 1. The van der Waals surface area contributed by atoms with Crippen LogP contribution >= 0.6 is 0 Å². The molecule has 2 N–H and O–H groups in total. The Morgan fingerprint density at radius 3 is 2.37 bits per heavy atom. The van der Waals surface area contributed by atoms with E-state index in [9.17, 15) is 9.59 Å². The van der Waals surface area contributed by atoms with Crippen LogP contribution in [0.2, 0.25) is 0 Å². The summed E-state index contributed by atoms with van der Waals surface area (Å²) in [4.78, 5) is 23.3. The summed E-state index contributed by atoms with van der Waals surface area (Å²) in [5.74, 6) is 0.307. The van der Waals surface area contributed by atoms with Crippen molar-refractivity contribution < 1.29 is 24.2 Å². The molecule has 0 bridgehead atoms. The minimum Gasteiger partial charge on any atom is -0.496 e. The Labute approximate surface area is 159 Å². The third-order valence-electron chi connectivity index (χ3n) is 4.26. The number of nitrogens with one attached hydrogen (secondary N) is 1. The van der Waals surface area contributed by atoms with Crippen molar-refractivity contribution in [2.45, 2.75) is 32.1 Å². The van der Waals surface area contributed by atoms with Crippen LogP contribution in [0, 0.1) is 0 Å². The van der Waals surface area contributed by atoms with Gasteiger partial charge in [0.2, 0.25) is 5.91 Å². The molecule has 0 heterocycles. The van der Waals surface area contributed by atoms with Crippen molar-refractivity contribution in [2.24, 2.45) is 0 Å². The molecule has 0 saturated heterocycles. The van der Waals surface area contributed by atoms with Crippen molar-refractivity contribution in [1.29, 1.82) is 0 Å². The van der Waals surface area contributed by atoms with Gasteiger partial charge in [-0.25, -0.2) is 0 Å². The van der Waals surface area contributed by atoms with Crippen LogP contribution in [-0.4, -0.2) is 30.7 Å². The van der Waals surface area contributed by atoms with E-state index in [1.807, 2.05) is 38.1 Å². The highest BCUT2D eigenvalue weighted by atomic mass is 16.5. The summed E-state index contributed by atoms with van der Waals surface area (Å²) < 4.78 is 10.9. The van der Waals surface area contributed by atoms with Gasteiger partial charge in [-0.2, -0.15) is 0 Å². The van der Waals surface area contributed by atoms with E-state index < -0.39 is 11.4 Å². The molecule has 0 aliphatic heterocycles. The Balaban J connectivity index is 1.99. The number of carbonyl (C=O) groups is 2. The van der Waals surface area contributed by atoms with Gasteiger partial charge in [0.15, 0.2) is 0 Å². The van der Waals surface area contributed by atoms with Crippen molar-refractivity contribution in [2.75, 3.05) is 19.0 Å². The predicted molar refractivity (Wildman–Crippen MR) is 103 cm³/mol. The lowest BCUT2D eigenvalue weighted by Gasteiger charge is -2.26. The summed E-state index contributed by atoms with van der Waals surface area (Å²) in [6.45, 7) is 4.03. The zero-order valence-electron chi connectivity index (χ0n) is 15.8. The fraction of sp³-hybridized carbons (Fsp3) is 0.333. The Bertz CT molecular complexity index is 783. The normalized spacial score (nSPS) is 10.9. The van der Waals surface area contributed by atoms with Crippen LogP contribution in [0.4, 0.5) is 5.69 Å². The maximum atomic E-state index is 12.8. The standard InChI is InChI=1S/C21H25NO5/c1-21(2,17-7-4-5-8-18(17)26-3)20(25)22-15-10-12-16(13-11-15)27-14-6-9-19(23)24/h4-5,7-8,10-13H,6,9,14H2,1-3H3,(H,22,25)(H,23,24). The minimum atomic E-state index is -0.839. The van der Waals surface area contributed by atoms with Crippen LogP contribution in [0.1, 0.15) is 32.3 Å². The van der Waals surface area contributed by atoms with Crippen molar-refractivity contribution >= 4 is 17.6 Å². The summed E-state index contributed by atoms with van der Waals surface area (Å²) in [5.41, 5.74) is 0.683. The smallest absolute Gasteiger partial charge is 0.303 e. The molecular formula is C21H25NO5. The first kappa shape index (κ1) is 20.3. The molecule has 0 saturated carbocycles. The summed E-state index contributed by atoms with van der Waals surface area (Å²) in [6.07, 6.45) is 0.521. The molecule has 0 aromatic heterocycles. The number of aliphatic carboxylic acids is 1. The van der Waals surface area contributed by atoms with Crippen LogP contribution in [0.25, 0.3) is 0 Å². The number of methoxy groups -OCH3 is 1. The molecule has 0 spiro atoms. The lowest BCUT2D eigenvalue weighted by Crippen LogP contribution is -2.35. The maximum absolute atomic E-state index is 12.8. The third-order valence-corrected chi connectivity index (χ3v) is 4.26. The van der Waals surface area contributed by atoms with Gasteiger partial charge >= 0.3 is 5.97 Å². The number of hydrogen-bond donors (Lipinski definition) is 2. The van der Waals surface area contributed by atoms with Gasteiger partial charge in [-0.3, -0.25) is 9.59 Å². The topological polar surface area (TPSA) is 84.9 Å². The molecule has 1 amide bonds. The van der Waals surface area contributed by atoms with Crippen LogP contribution in [-0.2, 0) is 15.0 Å². The zero-order chi connectivity index (χ0) is 19.9. The fourth-order valence-electron chi connectivity index (χ4n) is 2.62. The molecule has 27 heavy (non-hydrogen) atoms. The second-order valence-electron chi connectivity index (χ2n) is 6.65. The van der Waals surface area contributed by atoms with Crippen LogP contribution in [0.15, 0.2) is 48.5 Å². The highest BCUT2D eigenvalue weighted by molar-refractivity contribution is 5.99. The van der Waals surface area contributed by atoms with E-state index in [1.165, 1.54) is 0 Å². The summed E-state index contributed by atoms with van der Waals surface area (Å²) >= 11 is 0. The monoisotopic (exact) mass is 371 g/mol. The SMILES string of the molecule is COc1ccccc1C(C)(C)C(=O)Nc1ccc(OCCCC(=O)O)cc1. The van der Waals surface area contributed by atoms with E-state index in [0.717, 1.165) is 5.56 Å². The molecule has 144 valence electrons. The van der Waals surface area contributed by atoms with Gasteiger partial charge in [-0.15, -0.1) is 0 Å². The van der Waals surface area contributed by atoms with Crippen LogP contribution < -0.4 is 14.8 Å². The first-order chi connectivity index (χ1) is 12.8. The number of hydrogen-bond acceptors (Lipinski definition) is 4. The first-order valence-corrected chi connectivity index (χ1v) is 8.74. The van der Waals surface area contributed by atoms with Crippen molar-refractivity contribution in [3.8, 4) is 11.5 Å². The van der Waals surface area contributed by atoms with Gasteiger partial charge in [0.05, 0.1) is 19.1 Å². The zero-order valence-corrected chi connectivity index (χ0v) is 15.8. The van der Waals surface area contributed by atoms with E-state index in [4.69, 9.17) is 14.6 Å². The molecule has 0 aliphatic carbocycles. The lowest BCUT2D eigenvalue weighted by atomic mass is 9.83. The quantitative estimate of drug-likeness (QED) is 0.654. The highest BCUT2D eigenvalue weighted by Crippen LogP contribution is 2.32. The third kappa shape index (κ3) is 5.48. The number of benzene rings is 2. The number of anilines is 1. The number of ether oxygens (including phenoxy) is 2. The molecule has 6 nitrogen and oxygen atoms in total. The Morgan fingerprint density at radius 2 is 1.74 bits per heavy atom. The predicted octanol–water partition coefficient (Wildman–Crippen LogP) is 3.86. The average molecular weight is 371 g/mol. The Morgan fingerprint density at radius 1 is 1.07 bits per heavy atom. The molecule has 0 radical (unpaired) electrons. The van der Waals surface area contributed by atoms with E-state index in [2.05, 4.69) is 5.32 Å². The van der Waals surface area contributed by atoms with Crippen molar-refractivity contribution in [3.05, 3.63) is 54.1 Å². The maximum Gasteiger partial charge on any atom is 0.303 e. The first-order valence-electron chi connectivity index (χ1n) is 8.74. The second kappa shape index (κ2) is 9.07. The van der Waals surface area contributed by atoms with E-state index in [1.54, 1.807) is 31.4 Å². The average Bonchev–Trinajstić information content (AvgIpc) is 2.66. The van der Waals surface area contributed by atoms with Crippen LogP contribution in [0.3, 0.4) is 0 Å². The molecule has 0 fully saturated rings. The lowest BCUT2D eigenvalue weighted by molar-refractivity contribution is -0.137. The highest BCUT2D eigenvalue weighted by Gasteiger charge is 2.32. The summed E-state index contributed by atoms with van der Waals surface area (Å²) in [5, 5.41) is 11.5. The van der Waals surface area contributed by atoms with E-state index in [-0.39, 0.29) is 12.3 Å². The van der Waals surface area contributed by atoms with Gasteiger partial charge in [0, 0.05) is 17.7 Å². The van der Waals surface area contributed by atoms with Gasteiger partial charge in [-0.1, -0.05) is 18.2 Å². The molecule has 0 unspecified atom stereocenters. The van der Waals surface area contributed by atoms with E-state index >= 15 is 0 Å². The summed E-state index contributed by atoms with van der Waals surface area (Å²) in [7, 11) is 1.59. The van der Waals surface area contributed by atoms with Gasteiger partial charge in [0.25, 0.3) is 0 Å². The largest absolute Gasteiger partial charge is 0.496 e. The Hall–Kier alpha value is -3.02. The number of carbonyl (C=O) groups excluding carboxylic acids is 1. The fourth-order valence-corrected chi connectivity index (χ4v) is 2.62. The van der Waals surface area contributed by atoms with E-state index in [0.29, 0.717) is 30.2 Å². The molecular weight excluding hydrogens is 346 g/mol. The van der Waals surface area contributed by atoms with Crippen molar-refractivity contribution in [3.63, 3.8) is 0 Å². The minimum absolute atomic E-state index is 0.0756. The van der Waals surface area contributed by atoms with Gasteiger partial charge in [-0.05, 0) is 50.6 Å². The number of carboxylic acid groups (broad SMARTS) is 1. The Kier molecular flexibility index (Phi) is 6.82. The molecule has 0 aliphatic rings. The molecule has 0 atom stereocenters. The van der Waals surface area contributed by atoms with Gasteiger partial charge in [0.1, 0.15) is 11.5 Å². The van der Waals surface area contributed by atoms with Crippen LogP contribution in [0.5, 0.6) is 11.5 Å². The summed E-state index contributed by atoms with van der Waals surface area (Å²) in [6, 6.07) is 14.5. The second-order valence-corrected chi connectivity index (χ2v) is 6.65.